The number of rotatable bonds is 5. The predicted molar refractivity (Wildman–Crippen MR) is 69.0 cm³/mol. The van der Waals surface area contributed by atoms with Crippen LogP contribution in [0.15, 0.2) is 28.1 Å². The minimum Gasteiger partial charge on any atom is -0.480 e. The van der Waals surface area contributed by atoms with Gasteiger partial charge in [-0.1, -0.05) is 18.1 Å². The Balaban J connectivity index is 2.10. The van der Waals surface area contributed by atoms with Crippen molar-refractivity contribution < 1.29 is 19.2 Å². The molecule has 0 saturated heterocycles. The van der Waals surface area contributed by atoms with Crippen molar-refractivity contribution in [3.05, 3.63) is 29.3 Å². The van der Waals surface area contributed by atoms with Crippen molar-refractivity contribution in [3.63, 3.8) is 0 Å². The molecule has 0 aromatic carbocycles. The maximum Gasteiger partial charge on any atom is 0.326 e. The fourth-order valence-electron chi connectivity index (χ4n) is 1.49. The van der Waals surface area contributed by atoms with E-state index in [-0.39, 0.29) is 5.69 Å². The lowest BCUT2D eigenvalue weighted by Crippen LogP contribution is -2.40. The lowest BCUT2D eigenvalue weighted by molar-refractivity contribution is -0.139. The molecular formula is C12H12N2O4S. The lowest BCUT2D eigenvalue weighted by atomic mass is 10.2. The molecule has 1 atom stereocenters. The standard InChI is InChI=1S/C12H12N2O4S/c1-2-7(12(16)17)13-11(15)8-6-9(18-14-8)10-4-3-5-19-10/h3-7H,2H2,1H3,(H,13,15)(H,16,17)/t7-/m1/s1. The number of carboxylic acids is 1. The molecule has 6 nitrogen and oxygen atoms in total. The maximum atomic E-state index is 11.8. The van der Waals surface area contributed by atoms with Gasteiger partial charge in [-0.15, -0.1) is 11.3 Å². The van der Waals surface area contributed by atoms with Gasteiger partial charge in [0.05, 0.1) is 4.88 Å². The molecule has 2 heterocycles. The molecule has 2 aromatic heterocycles. The minimum atomic E-state index is -1.07. The summed E-state index contributed by atoms with van der Waals surface area (Å²) in [6, 6.07) is 4.28. The number of carbonyl (C=O) groups is 2. The van der Waals surface area contributed by atoms with E-state index in [0.29, 0.717) is 12.2 Å². The van der Waals surface area contributed by atoms with E-state index in [1.54, 1.807) is 6.92 Å². The molecule has 0 bridgehead atoms. The van der Waals surface area contributed by atoms with E-state index in [1.807, 2.05) is 17.5 Å². The number of amides is 1. The highest BCUT2D eigenvalue weighted by Gasteiger charge is 2.21. The van der Waals surface area contributed by atoms with Crippen LogP contribution in [0, 0.1) is 0 Å². The number of carboxylic acid groups (broad SMARTS) is 1. The molecule has 0 spiro atoms. The number of thiophene rings is 1. The monoisotopic (exact) mass is 280 g/mol. The first-order valence-corrected chi connectivity index (χ1v) is 6.54. The number of nitrogens with one attached hydrogen (secondary N) is 1. The molecule has 2 rings (SSSR count). The van der Waals surface area contributed by atoms with E-state index in [1.165, 1.54) is 17.4 Å². The molecular weight excluding hydrogens is 268 g/mol. The van der Waals surface area contributed by atoms with E-state index < -0.39 is 17.9 Å². The SMILES string of the molecule is CC[C@@H](NC(=O)c1cc(-c2cccs2)on1)C(=O)O. The molecule has 1 amide bonds. The van der Waals surface area contributed by atoms with Gasteiger partial charge in [-0.2, -0.15) is 0 Å². The zero-order chi connectivity index (χ0) is 13.8. The largest absolute Gasteiger partial charge is 0.480 e. The maximum absolute atomic E-state index is 11.8. The predicted octanol–water partition coefficient (Wildman–Crippen LogP) is 2.00. The van der Waals surface area contributed by atoms with Crippen molar-refractivity contribution in [2.24, 2.45) is 0 Å². The van der Waals surface area contributed by atoms with Gasteiger partial charge in [-0.05, 0) is 17.9 Å². The number of aliphatic carboxylic acids is 1. The van der Waals surface area contributed by atoms with Crippen molar-refractivity contribution in [1.82, 2.24) is 10.5 Å². The van der Waals surface area contributed by atoms with Gasteiger partial charge >= 0.3 is 5.97 Å². The molecule has 2 N–H and O–H groups in total. The lowest BCUT2D eigenvalue weighted by Gasteiger charge is -2.10. The topological polar surface area (TPSA) is 92.4 Å². The van der Waals surface area contributed by atoms with Crippen molar-refractivity contribution in [1.29, 1.82) is 0 Å². The number of carbonyl (C=O) groups excluding carboxylic acids is 1. The molecule has 0 radical (unpaired) electrons. The molecule has 0 aliphatic heterocycles. The van der Waals surface area contributed by atoms with E-state index >= 15 is 0 Å². The van der Waals surface area contributed by atoms with Gasteiger partial charge in [-0.3, -0.25) is 4.79 Å². The normalized spacial score (nSPS) is 12.1. The van der Waals surface area contributed by atoms with Crippen molar-refractivity contribution >= 4 is 23.2 Å². The Kier molecular flexibility index (Phi) is 3.96. The summed E-state index contributed by atoms with van der Waals surface area (Å²) >= 11 is 1.46. The third kappa shape index (κ3) is 3.00. The first-order valence-electron chi connectivity index (χ1n) is 5.66. The zero-order valence-corrected chi connectivity index (χ0v) is 10.9. The summed E-state index contributed by atoms with van der Waals surface area (Å²) in [5, 5.41) is 16.8. The van der Waals surface area contributed by atoms with Gasteiger partial charge < -0.3 is 14.9 Å². The second kappa shape index (κ2) is 5.66. The minimum absolute atomic E-state index is 0.0723. The molecule has 2 aromatic rings. The molecule has 0 unspecified atom stereocenters. The van der Waals surface area contributed by atoms with Gasteiger partial charge in [-0.25, -0.2) is 4.79 Å². The molecule has 0 aliphatic carbocycles. The van der Waals surface area contributed by atoms with Crippen LogP contribution in [0.4, 0.5) is 0 Å². The van der Waals surface area contributed by atoms with Crippen LogP contribution >= 0.6 is 11.3 Å². The fourth-order valence-corrected chi connectivity index (χ4v) is 2.16. The van der Waals surface area contributed by atoms with Crippen LogP contribution < -0.4 is 5.32 Å². The van der Waals surface area contributed by atoms with Gasteiger partial charge in [0.2, 0.25) is 0 Å². The summed E-state index contributed by atoms with van der Waals surface area (Å²) in [6.07, 6.45) is 0.302. The Morgan fingerprint density at radius 2 is 2.37 bits per heavy atom. The Labute approximate surface area is 113 Å². The Bertz CT molecular complexity index is 576. The third-order valence-electron chi connectivity index (χ3n) is 2.52. The van der Waals surface area contributed by atoms with E-state index in [9.17, 15) is 9.59 Å². The molecule has 0 saturated carbocycles. The quantitative estimate of drug-likeness (QED) is 0.873. The average Bonchev–Trinajstić information content (AvgIpc) is 3.04. The molecule has 0 aliphatic rings. The molecule has 100 valence electrons. The Morgan fingerprint density at radius 3 is 2.95 bits per heavy atom. The van der Waals surface area contributed by atoms with Gasteiger partial charge in [0, 0.05) is 6.07 Å². The van der Waals surface area contributed by atoms with Crippen molar-refractivity contribution in [2.45, 2.75) is 19.4 Å². The zero-order valence-electron chi connectivity index (χ0n) is 10.1. The van der Waals surface area contributed by atoms with Crippen LogP contribution in [-0.2, 0) is 4.79 Å². The van der Waals surface area contributed by atoms with E-state index in [0.717, 1.165) is 4.88 Å². The molecule has 7 heteroatoms. The van der Waals surface area contributed by atoms with Gasteiger partial charge in [0.1, 0.15) is 6.04 Å². The van der Waals surface area contributed by atoms with Crippen LogP contribution in [0.2, 0.25) is 0 Å². The van der Waals surface area contributed by atoms with E-state index in [2.05, 4.69) is 10.5 Å². The second-order valence-corrected chi connectivity index (χ2v) is 4.77. The van der Waals surface area contributed by atoms with E-state index in [4.69, 9.17) is 9.63 Å². The highest BCUT2D eigenvalue weighted by molar-refractivity contribution is 7.13. The van der Waals surface area contributed by atoms with Crippen LogP contribution in [0.3, 0.4) is 0 Å². The third-order valence-corrected chi connectivity index (χ3v) is 3.40. The number of hydrogen-bond donors (Lipinski definition) is 2. The number of aromatic nitrogens is 1. The van der Waals surface area contributed by atoms with Crippen molar-refractivity contribution in [3.8, 4) is 10.6 Å². The summed E-state index contributed by atoms with van der Waals surface area (Å²) in [5.41, 5.74) is 0.0723. The average molecular weight is 280 g/mol. The Hall–Kier alpha value is -2.15. The summed E-state index contributed by atoms with van der Waals surface area (Å²) in [6.45, 7) is 1.68. The number of hydrogen-bond acceptors (Lipinski definition) is 5. The highest BCUT2D eigenvalue weighted by Crippen LogP contribution is 2.25. The van der Waals surface area contributed by atoms with Crippen molar-refractivity contribution in [2.75, 3.05) is 0 Å². The van der Waals surface area contributed by atoms with Crippen LogP contribution in [0.25, 0.3) is 10.6 Å². The second-order valence-electron chi connectivity index (χ2n) is 3.83. The van der Waals surface area contributed by atoms with Gasteiger partial charge in [0.15, 0.2) is 11.5 Å². The molecule has 19 heavy (non-hydrogen) atoms. The Morgan fingerprint density at radius 1 is 1.58 bits per heavy atom. The van der Waals surface area contributed by atoms with Gasteiger partial charge in [0.25, 0.3) is 5.91 Å². The first-order chi connectivity index (χ1) is 9.11. The smallest absolute Gasteiger partial charge is 0.326 e. The first kappa shape index (κ1) is 13.3. The highest BCUT2D eigenvalue weighted by atomic mass is 32.1. The van der Waals surface area contributed by atoms with Crippen LogP contribution in [-0.4, -0.2) is 28.2 Å². The number of nitrogens with zero attached hydrogens (tertiary/aromatic N) is 1. The van der Waals surface area contributed by atoms with Crippen LogP contribution in [0.5, 0.6) is 0 Å². The van der Waals surface area contributed by atoms with Crippen LogP contribution in [0.1, 0.15) is 23.8 Å². The molecule has 0 fully saturated rings. The fraction of sp³-hybridized carbons (Fsp3) is 0.250. The summed E-state index contributed by atoms with van der Waals surface area (Å²) < 4.78 is 5.06. The summed E-state index contributed by atoms with van der Waals surface area (Å²) in [7, 11) is 0. The summed E-state index contributed by atoms with van der Waals surface area (Å²) in [5.74, 6) is -1.14. The summed E-state index contributed by atoms with van der Waals surface area (Å²) in [4.78, 5) is 23.5.